The lowest BCUT2D eigenvalue weighted by atomic mass is 10.2. The van der Waals surface area contributed by atoms with Gasteiger partial charge in [0.05, 0.1) is 22.6 Å². The molecule has 2 atom stereocenters. The summed E-state index contributed by atoms with van der Waals surface area (Å²) in [6.07, 6.45) is 8.32. The van der Waals surface area contributed by atoms with Crippen LogP contribution in [0.3, 0.4) is 0 Å². The Morgan fingerprint density at radius 2 is 2.14 bits per heavy atom. The van der Waals surface area contributed by atoms with Crippen LogP contribution in [0.1, 0.15) is 16.2 Å². The van der Waals surface area contributed by atoms with Crippen LogP contribution in [0.5, 0.6) is 0 Å². The number of hydrogen-bond acceptors (Lipinski definition) is 7. The van der Waals surface area contributed by atoms with E-state index in [1.165, 1.54) is 11.3 Å². The predicted octanol–water partition coefficient (Wildman–Crippen LogP) is 3.23. The molecular weight excluding hydrogens is 384 g/mol. The Morgan fingerprint density at radius 3 is 2.93 bits per heavy atom. The molecule has 5 rings (SSSR count). The molecule has 0 bridgehead atoms. The number of nitrogens with one attached hydrogen (secondary N) is 2. The van der Waals surface area contributed by atoms with E-state index >= 15 is 0 Å². The van der Waals surface area contributed by atoms with Crippen molar-refractivity contribution in [2.75, 3.05) is 18.4 Å². The molecule has 3 heterocycles. The van der Waals surface area contributed by atoms with Gasteiger partial charge < -0.3 is 15.5 Å². The van der Waals surface area contributed by atoms with Gasteiger partial charge in [0, 0.05) is 42.3 Å². The molecule has 7 nitrogen and oxygen atoms in total. The molecule has 2 N–H and O–H groups in total. The Hall–Kier alpha value is -3.44. The van der Waals surface area contributed by atoms with Crippen molar-refractivity contribution < 1.29 is 4.79 Å². The molecule has 144 valence electrons. The quantitative estimate of drug-likeness (QED) is 0.637. The van der Waals surface area contributed by atoms with Gasteiger partial charge in [-0.25, -0.2) is 4.98 Å². The maximum Gasteiger partial charge on any atom is 0.280 e. The highest BCUT2D eigenvalue weighted by molar-refractivity contribution is 7.17. The van der Waals surface area contributed by atoms with Gasteiger partial charge in [-0.15, -0.1) is 11.3 Å². The molecule has 1 amide bonds. The van der Waals surface area contributed by atoms with Gasteiger partial charge in [-0.3, -0.25) is 9.78 Å². The zero-order chi connectivity index (χ0) is 19.8. The molecular formula is C21H18N6OS. The molecule has 29 heavy (non-hydrogen) atoms. The van der Waals surface area contributed by atoms with Gasteiger partial charge in [0.25, 0.3) is 5.91 Å². The second kappa shape index (κ2) is 6.87. The van der Waals surface area contributed by atoms with Crippen molar-refractivity contribution in [3.8, 4) is 16.6 Å². The van der Waals surface area contributed by atoms with E-state index in [0.717, 1.165) is 34.8 Å². The Balaban J connectivity index is 1.35. The van der Waals surface area contributed by atoms with Crippen molar-refractivity contribution in [2.45, 2.75) is 12.0 Å². The molecule has 8 heteroatoms. The third kappa shape index (κ3) is 3.30. The number of carbonyl (C=O) groups excluding carboxylic acids is 1. The van der Waals surface area contributed by atoms with E-state index in [1.54, 1.807) is 23.5 Å². The van der Waals surface area contributed by atoms with Crippen LogP contribution in [0.15, 0.2) is 55.0 Å². The summed E-state index contributed by atoms with van der Waals surface area (Å²) in [7, 11) is 0. The van der Waals surface area contributed by atoms with Crippen LogP contribution in [0.4, 0.5) is 11.4 Å². The van der Waals surface area contributed by atoms with Gasteiger partial charge in [-0.05, 0) is 24.6 Å². The minimum atomic E-state index is -0.257. The molecule has 1 saturated carbocycles. The summed E-state index contributed by atoms with van der Waals surface area (Å²) in [5, 5.41) is 16.0. The number of nitrogens with zero attached hydrogens (tertiary/aromatic N) is 4. The average Bonchev–Trinajstić information content (AvgIpc) is 3.10. The first-order valence-electron chi connectivity index (χ1n) is 9.36. The molecule has 1 unspecified atom stereocenters. The first-order valence-corrected chi connectivity index (χ1v) is 10.2. The minimum Gasteiger partial charge on any atom is -0.355 e. The second-order valence-electron chi connectivity index (χ2n) is 7.43. The van der Waals surface area contributed by atoms with E-state index in [4.69, 9.17) is 5.26 Å². The first kappa shape index (κ1) is 17.6. The number of benzene rings is 1. The van der Waals surface area contributed by atoms with Crippen molar-refractivity contribution in [3.05, 3.63) is 60.0 Å². The molecule has 2 aromatic heterocycles. The first-order chi connectivity index (χ1) is 14.2. The lowest BCUT2D eigenvalue weighted by Crippen LogP contribution is -2.41. The standard InChI is InChI=1S/C21H18N6OS/c22-13-27-11-14-8-21(14,12-27)26-19(28)20-24-10-18(29-20)16-9-23-7-6-17(16)25-15-4-2-1-3-5-15/h1-7,9-10,14H,8,11-12H2,(H,23,25)(H,26,28)/t14?,21-/m0/s1. The Morgan fingerprint density at radius 1 is 1.28 bits per heavy atom. The molecule has 1 saturated heterocycles. The SMILES string of the molecule is N#CN1CC2C[C@]2(NC(=O)c2ncc(-c3cnccc3Nc3ccccc3)s2)C1. The lowest BCUT2D eigenvalue weighted by Gasteiger charge is -2.16. The number of hydrogen-bond donors (Lipinski definition) is 2. The number of rotatable bonds is 5. The number of para-hydroxylation sites is 1. The van der Waals surface area contributed by atoms with E-state index in [1.807, 2.05) is 36.4 Å². The number of pyridine rings is 1. The van der Waals surface area contributed by atoms with Crippen molar-refractivity contribution in [2.24, 2.45) is 5.92 Å². The lowest BCUT2D eigenvalue weighted by molar-refractivity contribution is 0.0929. The molecule has 0 radical (unpaired) electrons. The van der Waals surface area contributed by atoms with Crippen LogP contribution in [0, 0.1) is 17.4 Å². The van der Waals surface area contributed by atoms with Gasteiger partial charge in [0.15, 0.2) is 11.2 Å². The predicted molar refractivity (Wildman–Crippen MR) is 111 cm³/mol. The third-order valence-electron chi connectivity index (χ3n) is 5.49. The summed E-state index contributed by atoms with van der Waals surface area (Å²) in [5.74, 6) is 0.190. The van der Waals surface area contributed by atoms with E-state index in [2.05, 4.69) is 26.8 Å². The molecule has 2 fully saturated rings. The van der Waals surface area contributed by atoms with Crippen molar-refractivity contribution >= 4 is 28.6 Å². The van der Waals surface area contributed by atoms with Crippen LogP contribution in [0.2, 0.25) is 0 Å². The summed E-state index contributed by atoms with van der Waals surface area (Å²) in [6.45, 7) is 1.32. The van der Waals surface area contributed by atoms with Crippen molar-refractivity contribution in [1.29, 1.82) is 5.26 Å². The van der Waals surface area contributed by atoms with Gasteiger partial charge >= 0.3 is 0 Å². The Labute approximate surface area is 172 Å². The average molecular weight is 402 g/mol. The Bertz CT molecular complexity index is 1110. The van der Waals surface area contributed by atoms with E-state index in [9.17, 15) is 4.79 Å². The number of thiazole rings is 1. The minimum absolute atomic E-state index is 0.176. The number of nitriles is 1. The zero-order valence-electron chi connectivity index (χ0n) is 15.5. The number of piperidine rings is 1. The van der Waals surface area contributed by atoms with Crippen LogP contribution >= 0.6 is 11.3 Å². The fraction of sp³-hybridized carbons (Fsp3) is 0.238. The highest BCUT2D eigenvalue weighted by atomic mass is 32.1. The maximum atomic E-state index is 12.8. The number of fused-ring (bicyclic) bond motifs is 1. The molecule has 0 spiro atoms. The number of anilines is 2. The largest absolute Gasteiger partial charge is 0.355 e. The molecule has 1 aliphatic carbocycles. The highest BCUT2D eigenvalue weighted by Crippen LogP contribution is 2.49. The molecule has 2 aliphatic rings. The van der Waals surface area contributed by atoms with Crippen LogP contribution in [-0.2, 0) is 0 Å². The summed E-state index contributed by atoms with van der Waals surface area (Å²) >= 11 is 1.34. The van der Waals surface area contributed by atoms with Crippen LogP contribution < -0.4 is 10.6 Å². The normalized spacial score (nSPS) is 21.9. The molecule has 1 aromatic carbocycles. The molecule has 1 aliphatic heterocycles. The molecule has 3 aromatic rings. The smallest absolute Gasteiger partial charge is 0.280 e. The van der Waals surface area contributed by atoms with Gasteiger partial charge in [0.1, 0.15) is 0 Å². The number of aromatic nitrogens is 2. The zero-order valence-corrected chi connectivity index (χ0v) is 16.3. The fourth-order valence-corrected chi connectivity index (χ4v) is 4.75. The number of carbonyl (C=O) groups is 1. The van der Waals surface area contributed by atoms with Crippen molar-refractivity contribution in [1.82, 2.24) is 20.2 Å². The van der Waals surface area contributed by atoms with Crippen LogP contribution in [-0.4, -0.2) is 39.4 Å². The van der Waals surface area contributed by atoms with Gasteiger partial charge in [0.2, 0.25) is 0 Å². The summed E-state index contributed by atoms with van der Waals surface area (Å²) < 4.78 is 0. The second-order valence-corrected chi connectivity index (χ2v) is 8.46. The summed E-state index contributed by atoms with van der Waals surface area (Å²) in [5.41, 5.74) is 2.52. The topological polar surface area (TPSA) is 93.9 Å². The van der Waals surface area contributed by atoms with Crippen molar-refractivity contribution in [3.63, 3.8) is 0 Å². The monoisotopic (exact) mass is 402 g/mol. The summed E-state index contributed by atoms with van der Waals surface area (Å²) in [4.78, 5) is 23.9. The highest BCUT2D eigenvalue weighted by Gasteiger charge is 2.61. The van der Waals surface area contributed by atoms with E-state index in [0.29, 0.717) is 17.5 Å². The summed E-state index contributed by atoms with van der Waals surface area (Å²) in [6, 6.07) is 11.8. The third-order valence-corrected chi connectivity index (χ3v) is 6.52. The van der Waals surface area contributed by atoms with E-state index in [-0.39, 0.29) is 11.4 Å². The maximum absolute atomic E-state index is 12.8. The fourth-order valence-electron chi connectivity index (χ4n) is 3.91. The number of likely N-dealkylation sites (tertiary alicyclic amines) is 1. The Kier molecular flexibility index (Phi) is 4.18. The van der Waals surface area contributed by atoms with Gasteiger partial charge in [-0.2, -0.15) is 5.26 Å². The van der Waals surface area contributed by atoms with Gasteiger partial charge in [-0.1, -0.05) is 18.2 Å². The van der Waals surface area contributed by atoms with E-state index < -0.39 is 0 Å². The van der Waals surface area contributed by atoms with Crippen LogP contribution in [0.25, 0.3) is 10.4 Å². The number of amides is 1.